The van der Waals surface area contributed by atoms with Crippen molar-refractivity contribution in [2.75, 3.05) is 7.05 Å². The Labute approximate surface area is 162 Å². The van der Waals surface area contributed by atoms with E-state index in [1.807, 2.05) is 13.8 Å². The summed E-state index contributed by atoms with van der Waals surface area (Å²) in [4.78, 5) is 14.2. The third-order valence-electron chi connectivity index (χ3n) is 4.20. The van der Waals surface area contributed by atoms with Gasteiger partial charge in [-0.2, -0.15) is 0 Å². The lowest BCUT2D eigenvalue weighted by atomic mass is 10.1. The molecule has 2 aromatic carbocycles. The number of carbonyl (C=O) groups is 1. The summed E-state index contributed by atoms with van der Waals surface area (Å²) >= 11 is 0. The van der Waals surface area contributed by atoms with E-state index in [1.54, 1.807) is 53.0 Å². The van der Waals surface area contributed by atoms with E-state index >= 15 is 0 Å². The number of halogens is 1. The molecule has 7 nitrogen and oxygen atoms in total. The van der Waals surface area contributed by atoms with E-state index < -0.39 is 0 Å². The highest BCUT2D eigenvalue weighted by Crippen LogP contribution is 2.16. The molecule has 0 aliphatic heterocycles. The van der Waals surface area contributed by atoms with Crippen molar-refractivity contribution < 1.29 is 13.9 Å². The van der Waals surface area contributed by atoms with Crippen molar-refractivity contribution in [2.24, 2.45) is 0 Å². The fourth-order valence-corrected chi connectivity index (χ4v) is 2.71. The molecule has 0 fully saturated rings. The molecule has 1 heterocycles. The van der Waals surface area contributed by atoms with Crippen LogP contribution in [0.3, 0.4) is 0 Å². The zero-order valence-corrected chi connectivity index (χ0v) is 16.0. The maximum absolute atomic E-state index is 13.0. The minimum absolute atomic E-state index is 0.125. The summed E-state index contributed by atoms with van der Waals surface area (Å²) in [5.41, 5.74) is 1.41. The molecule has 146 valence electrons. The maximum atomic E-state index is 13.0. The van der Waals surface area contributed by atoms with Gasteiger partial charge in [-0.3, -0.25) is 4.79 Å². The van der Waals surface area contributed by atoms with Crippen LogP contribution >= 0.6 is 0 Å². The standard InChI is InChI=1S/C20H22FN5O2/c1-14(2)26-19(22-23-24-26)13-28-18-10-6-16(7-11-18)20(27)25(3)12-15-4-8-17(21)9-5-15/h4-11,14H,12-13H2,1-3H3. The van der Waals surface area contributed by atoms with Crippen LogP contribution in [0.25, 0.3) is 0 Å². The van der Waals surface area contributed by atoms with Crippen molar-refractivity contribution in [3.63, 3.8) is 0 Å². The van der Waals surface area contributed by atoms with E-state index in [4.69, 9.17) is 4.74 Å². The van der Waals surface area contributed by atoms with Crippen LogP contribution in [0, 0.1) is 5.82 Å². The number of hydrogen-bond acceptors (Lipinski definition) is 5. The van der Waals surface area contributed by atoms with Crippen molar-refractivity contribution in [3.8, 4) is 5.75 Å². The molecule has 0 atom stereocenters. The van der Waals surface area contributed by atoms with E-state index in [9.17, 15) is 9.18 Å². The predicted molar refractivity (Wildman–Crippen MR) is 101 cm³/mol. The molecule has 3 aromatic rings. The molecule has 3 rings (SSSR count). The summed E-state index contributed by atoms with van der Waals surface area (Å²) in [6, 6.07) is 13.1. The first-order valence-electron chi connectivity index (χ1n) is 8.93. The van der Waals surface area contributed by atoms with Crippen LogP contribution in [0.4, 0.5) is 4.39 Å². The maximum Gasteiger partial charge on any atom is 0.253 e. The Balaban J connectivity index is 1.59. The Bertz CT molecular complexity index is 923. The van der Waals surface area contributed by atoms with E-state index in [0.29, 0.717) is 23.7 Å². The van der Waals surface area contributed by atoms with Crippen molar-refractivity contribution in [1.82, 2.24) is 25.1 Å². The largest absolute Gasteiger partial charge is 0.486 e. The van der Waals surface area contributed by atoms with Gasteiger partial charge in [0.05, 0.1) is 6.04 Å². The van der Waals surface area contributed by atoms with Gasteiger partial charge < -0.3 is 9.64 Å². The second-order valence-electron chi connectivity index (χ2n) is 6.73. The van der Waals surface area contributed by atoms with Crippen LogP contribution in [0.15, 0.2) is 48.5 Å². The number of hydrogen-bond donors (Lipinski definition) is 0. The van der Waals surface area contributed by atoms with Crippen LogP contribution in [0.2, 0.25) is 0 Å². The van der Waals surface area contributed by atoms with Crippen molar-refractivity contribution in [2.45, 2.75) is 33.0 Å². The minimum atomic E-state index is -0.296. The van der Waals surface area contributed by atoms with Gasteiger partial charge in [-0.05, 0) is 66.2 Å². The lowest BCUT2D eigenvalue weighted by Gasteiger charge is -2.17. The van der Waals surface area contributed by atoms with Crippen LogP contribution in [-0.2, 0) is 13.2 Å². The van der Waals surface area contributed by atoms with Crippen molar-refractivity contribution in [1.29, 1.82) is 0 Å². The second kappa shape index (κ2) is 8.60. The smallest absolute Gasteiger partial charge is 0.253 e. The molecule has 0 spiro atoms. The van der Waals surface area contributed by atoms with E-state index in [1.165, 1.54) is 12.1 Å². The zero-order valence-electron chi connectivity index (χ0n) is 16.0. The first kappa shape index (κ1) is 19.5. The molecule has 0 aliphatic rings. The molecule has 0 bridgehead atoms. The highest BCUT2D eigenvalue weighted by Gasteiger charge is 2.13. The van der Waals surface area contributed by atoms with Crippen LogP contribution in [-0.4, -0.2) is 38.1 Å². The number of aromatic nitrogens is 4. The van der Waals surface area contributed by atoms with Gasteiger partial charge in [0, 0.05) is 19.2 Å². The number of tetrazole rings is 1. The molecular weight excluding hydrogens is 361 g/mol. The quantitative estimate of drug-likeness (QED) is 0.626. The molecule has 0 N–H and O–H groups in total. The Morgan fingerprint density at radius 1 is 1.14 bits per heavy atom. The number of rotatable bonds is 7. The lowest BCUT2D eigenvalue weighted by molar-refractivity contribution is 0.0785. The molecular formula is C20H22FN5O2. The fourth-order valence-electron chi connectivity index (χ4n) is 2.71. The average Bonchev–Trinajstić information content (AvgIpc) is 3.17. The third kappa shape index (κ3) is 4.70. The number of carbonyl (C=O) groups excluding carboxylic acids is 1. The summed E-state index contributed by atoms with van der Waals surface area (Å²) in [5.74, 6) is 0.834. The highest BCUT2D eigenvalue weighted by molar-refractivity contribution is 5.94. The van der Waals surface area contributed by atoms with E-state index in [2.05, 4.69) is 15.5 Å². The monoisotopic (exact) mass is 383 g/mol. The molecule has 1 amide bonds. The first-order valence-corrected chi connectivity index (χ1v) is 8.93. The third-order valence-corrected chi connectivity index (χ3v) is 4.20. The normalized spacial score (nSPS) is 10.9. The number of benzene rings is 2. The number of ether oxygens (including phenoxy) is 1. The van der Waals surface area contributed by atoms with Gasteiger partial charge >= 0.3 is 0 Å². The molecule has 1 aromatic heterocycles. The van der Waals surface area contributed by atoms with Gasteiger partial charge in [-0.25, -0.2) is 9.07 Å². The summed E-state index contributed by atoms with van der Waals surface area (Å²) in [6.07, 6.45) is 0. The summed E-state index contributed by atoms with van der Waals surface area (Å²) in [7, 11) is 1.71. The van der Waals surface area contributed by atoms with Crippen LogP contribution < -0.4 is 4.74 Å². The van der Waals surface area contributed by atoms with E-state index in [-0.39, 0.29) is 24.4 Å². The number of nitrogens with zero attached hydrogens (tertiary/aromatic N) is 5. The van der Waals surface area contributed by atoms with Gasteiger partial charge in [0.25, 0.3) is 5.91 Å². The highest BCUT2D eigenvalue weighted by atomic mass is 19.1. The first-order chi connectivity index (χ1) is 13.4. The predicted octanol–water partition coefficient (Wildman–Crippen LogP) is 3.24. The lowest BCUT2D eigenvalue weighted by Crippen LogP contribution is -2.26. The Kier molecular flexibility index (Phi) is 5.98. The minimum Gasteiger partial charge on any atom is -0.486 e. The van der Waals surface area contributed by atoms with Gasteiger partial charge in [-0.15, -0.1) is 5.10 Å². The molecule has 28 heavy (non-hydrogen) atoms. The second-order valence-corrected chi connectivity index (χ2v) is 6.73. The van der Waals surface area contributed by atoms with Crippen LogP contribution in [0.5, 0.6) is 5.75 Å². The van der Waals surface area contributed by atoms with Gasteiger partial charge in [0.1, 0.15) is 18.2 Å². The topological polar surface area (TPSA) is 73.1 Å². The molecule has 0 saturated carbocycles. The van der Waals surface area contributed by atoms with Gasteiger partial charge in [-0.1, -0.05) is 12.1 Å². The Morgan fingerprint density at radius 2 is 1.82 bits per heavy atom. The zero-order chi connectivity index (χ0) is 20.1. The molecule has 0 saturated heterocycles. The van der Waals surface area contributed by atoms with Gasteiger partial charge in [0.15, 0.2) is 5.82 Å². The fraction of sp³-hybridized carbons (Fsp3) is 0.300. The molecule has 0 unspecified atom stereocenters. The molecule has 0 radical (unpaired) electrons. The summed E-state index contributed by atoms with van der Waals surface area (Å²) in [5, 5.41) is 11.6. The molecule has 8 heteroatoms. The Morgan fingerprint density at radius 3 is 2.46 bits per heavy atom. The van der Waals surface area contributed by atoms with Crippen molar-refractivity contribution >= 4 is 5.91 Å². The molecule has 0 aliphatic carbocycles. The van der Waals surface area contributed by atoms with E-state index in [0.717, 1.165) is 5.56 Å². The van der Waals surface area contributed by atoms with Gasteiger partial charge in [0.2, 0.25) is 0 Å². The van der Waals surface area contributed by atoms with Crippen molar-refractivity contribution in [3.05, 3.63) is 71.3 Å². The Hall–Kier alpha value is -3.29. The summed E-state index contributed by atoms with van der Waals surface area (Å²) in [6.45, 7) is 4.61. The number of amides is 1. The average molecular weight is 383 g/mol. The summed E-state index contributed by atoms with van der Waals surface area (Å²) < 4.78 is 20.4. The van der Waals surface area contributed by atoms with Crippen LogP contribution in [0.1, 0.15) is 41.6 Å². The SMILES string of the molecule is CC(C)n1nnnc1COc1ccc(C(=O)N(C)Cc2ccc(F)cc2)cc1.